The van der Waals surface area contributed by atoms with Crippen molar-refractivity contribution in [1.82, 2.24) is 4.31 Å². The van der Waals surface area contributed by atoms with Crippen LogP contribution < -0.4 is 4.90 Å². The second-order valence-electron chi connectivity index (χ2n) is 6.19. The molecular formula is C19H22N2O3S. The number of anilines is 1. The number of rotatable bonds is 5. The Balaban J connectivity index is 1.84. The van der Waals surface area contributed by atoms with Crippen LogP contribution >= 0.6 is 0 Å². The molecule has 0 aromatic heterocycles. The Morgan fingerprint density at radius 3 is 2.44 bits per heavy atom. The molecule has 0 aliphatic carbocycles. The number of nitrogens with zero attached hydrogens (tertiary/aromatic N) is 2. The Bertz CT molecular complexity index is 865. The molecule has 1 aliphatic heterocycles. The quantitative estimate of drug-likeness (QED) is 0.826. The van der Waals surface area contributed by atoms with Crippen LogP contribution in [-0.4, -0.2) is 37.8 Å². The lowest BCUT2D eigenvalue weighted by atomic mass is 10.1. The van der Waals surface area contributed by atoms with Crippen LogP contribution in [0.15, 0.2) is 59.5 Å². The third-order valence-corrected chi connectivity index (χ3v) is 6.46. The molecule has 0 N–H and O–H groups in total. The van der Waals surface area contributed by atoms with Gasteiger partial charge in [-0.3, -0.25) is 4.79 Å². The van der Waals surface area contributed by atoms with Crippen LogP contribution in [0.3, 0.4) is 0 Å². The summed E-state index contributed by atoms with van der Waals surface area (Å²) in [5, 5.41) is 0. The van der Waals surface area contributed by atoms with Crippen molar-refractivity contribution in [3.8, 4) is 0 Å². The first kappa shape index (κ1) is 17.6. The summed E-state index contributed by atoms with van der Waals surface area (Å²) in [4.78, 5) is 14.8. The molecule has 0 fully saturated rings. The molecule has 25 heavy (non-hydrogen) atoms. The van der Waals surface area contributed by atoms with Crippen LogP contribution in [0.25, 0.3) is 0 Å². The number of hydrogen-bond donors (Lipinski definition) is 0. The van der Waals surface area contributed by atoms with E-state index in [1.54, 1.807) is 42.2 Å². The highest BCUT2D eigenvalue weighted by Gasteiger charge is 2.33. The number of hydrogen-bond acceptors (Lipinski definition) is 3. The molecule has 1 aliphatic rings. The van der Waals surface area contributed by atoms with Crippen molar-refractivity contribution in [2.24, 2.45) is 0 Å². The number of likely N-dealkylation sites (N-methyl/N-ethyl adjacent to an activating group) is 1. The average molecular weight is 358 g/mol. The van der Waals surface area contributed by atoms with Gasteiger partial charge in [-0.2, -0.15) is 4.31 Å². The van der Waals surface area contributed by atoms with E-state index in [4.69, 9.17) is 0 Å². The van der Waals surface area contributed by atoms with E-state index < -0.39 is 10.0 Å². The van der Waals surface area contributed by atoms with Gasteiger partial charge >= 0.3 is 0 Å². The van der Waals surface area contributed by atoms with Crippen molar-refractivity contribution in [1.29, 1.82) is 0 Å². The molecule has 0 bridgehead atoms. The van der Waals surface area contributed by atoms with E-state index >= 15 is 0 Å². The third kappa shape index (κ3) is 3.32. The molecule has 0 spiro atoms. The Morgan fingerprint density at radius 1 is 1.12 bits per heavy atom. The topological polar surface area (TPSA) is 57.7 Å². The lowest BCUT2D eigenvalue weighted by Gasteiger charge is -2.27. The van der Waals surface area contributed by atoms with Gasteiger partial charge in [0.05, 0.1) is 11.4 Å². The minimum atomic E-state index is -3.68. The van der Waals surface area contributed by atoms with E-state index in [0.29, 0.717) is 0 Å². The number of amides is 1. The van der Waals surface area contributed by atoms with E-state index in [1.807, 2.05) is 31.2 Å². The van der Waals surface area contributed by atoms with Gasteiger partial charge in [0.15, 0.2) is 0 Å². The van der Waals surface area contributed by atoms with Gasteiger partial charge in [-0.1, -0.05) is 43.3 Å². The third-order valence-electron chi connectivity index (χ3n) is 4.52. The minimum Gasteiger partial charge on any atom is -0.308 e. The Hall–Kier alpha value is -2.18. The molecule has 132 valence electrons. The van der Waals surface area contributed by atoms with Crippen LogP contribution in [-0.2, 0) is 21.2 Å². The number of benzene rings is 2. The first-order valence-corrected chi connectivity index (χ1v) is 9.84. The van der Waals surface area contributed by atoms with E-state index in [2.05, 4.69) is 0 Å². The highest BCUT2D eigenvalue weighted by atomic mass is 32.2. The smallest absolute Gasteiger partial charge is 0.243 e. The van der Waals surface area contributed by atoms with Crippen LogP contribution in [0, 0.1) is 0 Å². The Kier molecular flexibility index (Phi) is 4.92. The fourth-order valence-electron chi connectivity index (χ4n) is 3.28. The van der Waals surface area contributed by atoms with Crippen molar-refractivity contribution >= 4 is 21.6 Å². The number of para-hydroxylation sites is 1. The maximum Gasteiger partial charge on any atom is 0.243 e. The van der Waals surface area contributed by atoms with Gasteiger partial charge in [-0.25, -0.2) is 8.42 Å². The van der Waals surface area contributed by atoms with Gasteiger partial charge in [0.1, 0.15) is 0 Å². The lowest BCUT2D eigenvalue weighted by molar-refractivity contribution is -0.119. The summed E-state index contributed by atoms with van der Waals surface area (Å²) in [5.74, 6) is -0.196. The van der Waals surface area contributed by atoms with Crippen LogP contribution in [0.2, 0.25) is 0 Å². The fourth-order valence-corrected chi connectivity index (χ4v) is 4.70. The normalized spacial score (nSPS) is 16.9. The highest BCUT2D eigenvalue weighted by Crippen LogP contribution is 2.32. The molecule has 3 rings (SSSR count). The van der Waals surface area contributed by atoms with Crippen LogP contribution in [0.5, 0.6) is 0 Å². The van der Waals surface area contributed by atoms with Crippen molar-refractivity contribution < 1.29 is 13.2 Å². The zero-order chi connectivity index (χ0) is 18.0. The highest BCUT2D eigenvalue weighted by molar-refractivity contribution is 7.89. The van der Waals surface area contributed by atoms with Crippen molar-refractivity contribution in [2.45, 2.75) is 31.2 Å². The fraction of sp³-hybridized carbons (Fsp3) is 0.316. The molecule has 1 unspecified atom stereocenters. The Morgan fingerprint density at radius 2 is 1.76 bits per heavy atom. The molecule has 0 saturated carbocycles. The van der Waals surface area contributed by atoms with Gasteiger partial charge in [0, 0.05) is 18.3 Å². The molecule has 6 heteroatoms. The molecular weight excluding hydrogens is 336 g/mol. The summed E-state index contributed by atoms with van der Waals surface area (Å²) in [7, 11) is -3.68. The van der Waals surface area contributed by atoms with Gasteiger partial charge in [0.25, 0.3) is 0 Å². The van der Waals surface area contributed by atoms with Gasteiger partial charge in [0.2, 0.25) is 15.9 Å². The summed E-state index contributed by atoms with van der Waals surface area (Å²) in [6, 6.07) is 16.0. The van der Waals surface area contributed by atoms with Crippen molar-refractivity contribution in [2.75, 3.05) is 18.0 Å². The standard InChI is InChI=1S/C19H22N2O3S/c1-3-20(25(23,24)17-10-5-4-6-11-17)14-19(22)21-15(2)13-16-9-7-8-12-18(16)21/h4-12,15H,3,13-14H2,1-2H3. The van der Waals surface area contributed by atoms with Crippen molar-refractivity contribution in [3.63, 3.8) is 0 Å². The van der Waals surface area contributed by atoms with Gasteiger partial charge in [-0.15, -0.1) is 0 Å². The molecule has 2 aromatic carbocycles. The van der Waals surface area contributed by atoms with E-state index in [9.17, 15) is 13.2 Å². The average Bonchev–Trinajstić information content (AvgIpc) is 2.95. The molecule has 0 saturated heterocycles. The van der Waals surface area contributed by atoms with Crippen LogP contribution in [0.1, 0.15) is 19.4 Å². The minimum absolute atomic E-state index is 0.0306. The number of sulfonamides is 1. The first-order chi connectivity index (χ1) is 11.9. The summed E-state index contributed by atoms with van der Waals surface area (Å²) in [5.41, 5.74) is 2.01. The van der Waals surface area contributed by atoms with E-state index in [1.165, 1.54) is 4.31 Å². The van der Waals surface area contributed by atoms with E-state index in [-0.39, 0.29) is 29.9 Å². The molecule has 1 atom stereocenters. The van der Waals surface area contributed by atoms with Crippen LogP contribution in [0.4, 0.5) is 5.69 Å². The second kappa shape index (κ2) is 6.98. The molecule has 1 heterocycles. The number of carbonyl (C=O) groups is 1. The monoisotopic (exact) mass is 358 g/mol. The predicted molar refractivity (Wildman–Crippen MR) is 98.0 cm³/mol. The summed E-state index contributed by atoms with van der Waals surface area (Å²) < 4.78 is 26.8. The summed E-state index contributed by atoms with van der Waals surface area (Å²) in [6.45, 7) is 3.81. The zero-order valence-electron chi connectivity index (χ0n) is 14.4. The SMILES string of the molecule is CCN(CC(=O)N1c2ccccc2CC1C)S(=O)(=O)c1ccccc1. The predicted octanol–water partition coefficient (Wildman–Crippen LogP) is 2.68. The van der Waals surface area contributed by atoms with E-state index in [0.717, 1.165) is 17.7 Å². The molecule has 2 aromatic rings. The molecule has 1 amide bonds. The number of carbonyl (C=O) groups excluding carboxylic acids is 1. The lowest BCUT2D eigenvalue weighted by Crippen LogP contribution is -2.45. The maximum atomic E-state index is 12.9. The second-order valence-corrected chi connectivity index (χ2v) is 8.13. The first-order valence-electron chi connectivity index (χ1n) is 8.40. The molecule has 0 radical (unpaired) electrons. The zero-order valence-corrected chi connectivity index (χ0v) is 15.2. The molecule has 5 nitrogen and oxygen atoms in total. The maximum absolute atomic E-state index is 12.9. The van der Waals surface area contributed by atoms with Crippen molar-refractivity contribution in [3.05, 3.63) is 60.2 Å². The Labute approximate surface area is 148 Å². The number of fused-ring (bicyclic) bond motifs is 1. The summed E-state index contributed by atoms with van der Waals surface area (Å²) >= 11 is 0. The summed E-state index contributed by atoms with van der Waals surface area (Å²) in [6.07, 6.45) is 0.791. The van der Waals surface area contributed by atoms with Gasteiger partial charge in [-0.05, 0) is 37.1 Å². The van der Waals surface area contributed by atoms with Gasteiger partial charge < -0.3 is 4.90 Å². The largest absolute Gasteiger partial charge is 0.308 e.